The fourth-order valence-electron chi connectivity index (χ4n) is 3.85. The lowest BCUT2D eigenvalue weighted by atomic mass is 9.87. The van der Waals surface area contributed by atoms with E-state index >= 15 is 0 Å². The standard InChI is InChI=1S/C21H26N2O5S2/c1-14(2)4-9-18-17-11-13-29-19(17)10-12-23(20(18)21(24)22-25)30(26,27)16-7-5-15(28-3)6-8-16/h5-8,11,13,18,20,25H,1,4,9-10,12H2,2-3H3,(H,22,24)/t18-,20-/m1/s1. The number of carbonyl (C=O) groups excluding carboxylic acids is 1. The van der Waals surface area contributed by atoms with Gasteiger partial charge < -0.3 is 4.74 Å². The van der Waals surface area contributed by atoms with Crippen LogP contribution in [0.3, 0.4) is 0 Å². The fraction of sp³-hybridized carbons (Fsp3) is 0.381. The van der Waals surface area contributed by atoms with Crippen molar-refractivity contribution in [1.82, 2.24) is 9.79 Å². The minimum Gasteiger partial charge on any atom is -0.497 e. The first-order chi connectivity index (χ1) is 14.3. The van der Waals surface area contributed by atoms with Crippen molar-refractivity contribution < 1.29 is 23.2 Å². The summed E-state index contributed by atoms with van der Waals surface area (Å²) in [7, 11) is -2.49. The first kappa shape index (κ1) is 22.5. The van der Waals surface area contributed by atoms with Gasteiger partial charge in [-0.15, -0.1) is 17.9 Å². The van der Waals surface area contributed by atoms with Crippen LogP contribution in [0.2, 0.25) is 0 Å². The van der Waals surface area contributed by atoms with Crippen molar-refractivity contribution in [3.8, 4) is 5.75 Å². The zero-order chi connectivity index (χ0) is 21.9. The Labute approximate surface area is 181 Å². The third kappa shape index (κ3) is 4.44. The Morgan fingerprint density at radius 3 is 2.63 bits per heavy atom. The second-order valence-electron chi connectivity index (χ2n) is 7.36. The molecule has 30 heavy (non-hydrogen) atoms. The Morgan fingerprint density at radius 1 is 1.33 bits per heavy atom. The molecule has 0 unspecified atom stereocenters. The van der Waals surface area contributed by atoms with E-state index in [-0.39, 0.29) is 11.4 Å². The van der Waals surface area contributed by atoms with Crippen molar-refractivity contribution in [1.29, 1.82) is 0 Å². The van der Waals surface area contributed by atoms with Crippen molar-refractivity contribution in [3.05, 3.63) is 58.3 Å². The fourth-order valence-corrected chi connectivity index (χ4v) is 6.42. The van der Waals surface area contributed by atoms with Crippen LogP contribution in [-0.4, -0.2) is 43.5 Å². The van der Waals surface area contributed by atoms with E-state index in [0.717, 1.165) is 16.0 Å². The summed E-state index contributed by atoms with van der Waals surface area (Å²) in [5.41, 5.74) is 3.60. The van der Waals surface area contributed by atoms with E-state index in [0.29, 0.717) is 25.0 Å². The predicted octanol–water partition coefficient (Wildman–Crippen LogP) is 3.32. The van der Waals surface area contributed by atoms with Gasteiger partial charge in [0.1, 0.15) is 11.8 Å². The van der Waals surface area contributed by atoms with Gasteiger partial charge in [0.2, 0.25) is 10.0 Å². The largest absolute Gasteiger partial charge is 0.497 e. The minimum absolute atomic E-state index is 0.0722. The number of amides is 1. The molecule has 162 valence electrons. The van der Waals surface area contributed by atoms with Crippen LogP contribution in [0.1, 0.15) is 36.1 Å². The number of sulfonamides is 1. The van der Waals surface area contributed by atoms with Crippen LogP contribution in [0.5, 0.6) is 5.75 Å². The molecular formula is C21H26N2O5S2. The quantitative estimate of drug-likeness (QED) is 0.383. The molecule has 0 saturated carbocycles. The highest BCUT2D eigenvalue weighted by Gasteiger charge is 2.43. The highest BCUT2D eigenvalue weighted by molar-refractivity contribution is 7.89. The molecule has 1 aromatic heterocycles. The zero-order valence-electron chi connectivity index (χ0n) is 17.0. The summed E-state index contributed by atoms with van der Waals surface area (Å²) in [5.74, 6) is -0.598. The Morgan fingerprint density at radius 2 is 2.03 bits per heavy atom. The summed E-state index contributed by atoms with van der Waals surface area (Å²) < 4.78 is 33.4. The van der Waals surface area contributed by atoms with Crippen LogP contribution in [0.25, 0.3) is 0 Å². The lowest BCUT2D eigenvalue weighted by Crippen LogP contribution is -2.51. The molecule has 1 aliphatic heterocycles. The smallest absolute Gasteiger partial charge is 0.262 e. The van der Waals surface area contributed by atoms with E-state index in [4.69, 9.17) is 4.74 Å². The third-order valence-corrected chi connectivity index (χ3v) is 8.25. The number of fused-ring (bicyclic) bond motifs is 1. The minimum atomic E-state index is -3.99. The summed E-state index contributed by atoms with van der Waals surface area (Å²) in [6, 6.07) is 6.95. The molecule has 1 amide bonds. The molecule has 3 rings (SSSR count). The summed E-state index contributed by atoms with van der Waals surface area (Å²) in [6.45, 7) is 5.98. The van der Waals surface area contributed by atoms with E-state index < -0.39 is 27.9 Å². The Balaban J connectivity index is 2.08. The molecule has 7 nitrogen and oxygen atoms in total. The van der Waals surface area contributed by atoms with Crippen molar-refractivity contribution in [2.75, 3.05) is 13.7 Å². The molecule has 0 aliphatic carbocycles. The molecule has 0 saturated heterocycles. The lowest BCUT2D eigenvalue weighted by molar-refractivity contribution is -0.134. The SMILES string of the molecule is C=C(C)CC[C@@H]1c2ccsc2CCN(S(=O)(=O)c2ccc(OC)cc2)[C@H]1C(=O)NO. The van der Waals surface area contributed by atoms with Gasteiger partial charge >= 0.3 is 0 Å². The number of thiophene rings is 1. The maximum atomic E-state index is 13.5. The second kappa shape index (κ2) is 9.30. The molecule has 0 bridgehead atoms. The molecule has 1 aromatic carbocycles. The van der Waals surface area contributed by atoms with Gasteiger partial charge in [-0.25, -0.2) is 13.9 Å². The first-order valence-corrected chi connectivity index (χ1v) is 11.9. The van der Waals surface area contributed by atoms with Crippen LogP contribution in [-0.2, 0) is 21.2 Å². The maximum Gasteiger partial charge on any atom is 0.262 e. The van der Waals surface area contributed by atoms with Gasteiger partial charge in [-0.3, -0.25) is 10.0 Å². The lowest BCUT2D eigenvalue weighted by Gasteiger charge is -2.33. The molecule has 0 spiro atoms. The van der Waals surface area contributed by atoms with Crippen LogP contribution in [0, 0.1) is 0 Å². The monoisotopic (exact) mass is 450 g/mol. The van der Waals surface area contributed by atoms with Gasteiger partial charge in [-0.2, -0.15) is 4.31 Å². The van der Waals surface area contributed by atoms with Crippen LogP contribution >= 0.6 is 11.3 Å². The van der Waals surface area contributed by atoms with Crippen LogP contribution < -0.4 is 10.2 Å². The first-order valence-electron chi connectivity index (χ1n) is 9.60. The van der Waals surface area contributed by atoms with Gasteiger partial charge in [0.25, 0.3) is 5.91 Å². The van der Waals surface area contributed by atoms with Gasteiger partial charge in [0, 0.05) is 17.3 Å². The molecule has 0 radical (unpaired) electrons. The molecule has 1 aliphatic rings. The molecule has 0 fully saturated rings. The van der Waals surface area contributed by atoms with Gasteiger partial charge in [0.05, 0.1) is 12.0 Å². The number of allylic oxidation sites excluding steroid dienone is 1. The number of ether oxygens (including phenoxy) is 1. The zero-order valence-corrected chi connectivity index (χ0v) is 18.6. The topological polar surface area (TPSA) is 95.9 Å². The molecular weight excluding hydrogens is 424 g/mol. The van der Waals surface area contributed by atoms with E-state index in [1.54, 1.807) is 28.9 Å². The number of methoxy groups -OCH3 is 1. The van der Waals surface area contributed by atoms with E-state index in [1.165, 1.54) is 23.5 Å². The number of benzene rings is 1. The second-order valence-corrected chi connectivity index (χ2v) is 10.3. The number of hydrogen-bond acceptors (Lipinski definition) is 6. The number of carbonyl (C=O) groups is 1. The highest BCUT2D eigenvalue weighted by atomic mass is 32.2. The van der Waals surface area contributed by atoms with E-state index in [1.807, 2.05) is 18.4 Å². The van der Waals surface area contributed by atoms with Gasteiger partial charge in [0.15, 0.2) is 0 Å². The van der Waals surface area contributed by atoms with Crippen LogP contribution in [0.15, 0.2) is 52.8 Å². The number of nitrogens with one attached hydrogen (secondary N) is 1. The molecule has 2 aromatic rings. The molecule has 2 atom stereocenters. The molecule has 9 heteroatoms. The average Bonchev–Trinajstić information content (AvgIpc) is 3.13. The predicted molar refractivity (Wildman–Crippen MR) is 115 cm³/mol. The number of hydroxylamine groups is 1. The van der Waals surface area contributed by atoms with Crippen molar-refractivity contribution in [3.63, 3.8) is 0 Å². The molecule has 2 N–H and O–H groups in total. The summed E-state index contributed by atoms with van der Waals surface area (Å²) in [6.07, 6.45) is 1.69. The number of rotatable bonds is 7. The van der Waals surface area contributed by atoms with Gasteiger partial charge in [-0.05, 0) is 67.5 Å². The summed E-state index contributed by atoms with van der Waals surface area (Å²) in [4.78, 5) is 13.9. The van der Waals surface area contributed by atoms with Crippen molar-refractivity contribution in [2.24, 2.45) is 0 Å². The third-order valence-electron chi connectivity index (χ3n) is 5.36. The van der Waals surface area contributed by atoms with Crippen molar-refractivity contribution >= 4 is 27.3 Å². The summed E-state index contributed by atoms with van der Waals surface area (Å²) >= 11 is 1.56. The number of hydrogen-bond donors (Lipinski definition) is 2. The van der Waals surface area contributed by atoms with E-state index in [2.05, 4.69) is 6.58 Å². The van der Waals surface area contributed by atoms with Crippen LogP contribution in [0.4, 0.5) is 0 Å². The Hall–Kier alpha value is -2.20. The maximum absolute atomic E-state index is 13.5. The number of nitrogens with zero attached hydrogens (tertiary/aromatic N) is 1. The highest BCUT2D eigenvalue weighted by Crippen LogP contribution is 2.39. The van der Waals surface area contributed by atoms with E-state index in [9.17, 15) is 18.4 Å². The summed E-state index contributed by atoms with van der Waals surface area (Å²) in [5, 5.41) is 11.4. The average molecular weight is 451 g/mol. The van der Waals surface area contributed by atoms with Gasteiger partial charge in [-0.1, -0.05) is 5.57 Å². The Kier molecular flexibility index (Phi) is 6.97. The Bertz CT molecular complexity index is 1010. The molecule has 2 heterocycles. The van der Waals surface area contributed by atoms with Crippen molar-refractivity contribution in [2.45, 2.75) is 43.0 Å². The normalized spacial score (nSPS) is 19.6.